The van der Waals surface area contributed by atoms with Gasteiger partial charge in [0.2, 0.25) is 5.91 Å². The molecule has 35 heavy (non-hydrogen) atoms. The highest BCUT2D eigenvalue weighted by Crippen LogP contribution is 2.30. The lowest BCUT2D eigenvalue weighted by Crippen LogP contribution is -2.42. The molecule has 0 radical (unpaired) electrons. The minimum absolute atomic E-state index is 0.0124. The third-order valence-corrected chi connectivity index (χ3v) is 8.49. The van der Waals surface area contributed by atoms with Crippen molar-refractivity contribution in [2.75, 3.05) is 29.9 Å². The smallest absolute Gasteiger partial charge is 0.239 e. The summed E-state index contributed by atoms with van der Waals surface area (Å²) < 4.78 is 25.6. The summed E-state index contributed by atoms with van der Waals surface area (Å²) >= 11 is 0. The molecule has 1 aromatic heterocycles. The summed E-state index contributed by atoms with van der Waals surface area (Å²) in [6.45, 7) is 0.227. The Morgan fingerprint density at radius 2 is 1.94 bits per heavy atom. The number of hydrogen-bond donors (Lipinski definition) is 1. The number of amides is 1. The number of carbonyl (C=O) groups excluding carboxylic acids is 1. The number of rotatable bonds is 7. The van der Waals surface area contributed by atoms with E-state index < -0.39 is 9.84 Å². The average molecular weight is 489 g/mol. The van der Waals surface area contributed by atoms with E-state index in [0.717, 1.165) is 29.8 Å². The zero-order valence-electron chi connectivity index (χ0n) is 19.5. The van der Waals surface area contributed by atoms with Gasteiger partial charge in [-0.2, -0.15) is 5.10 Å². The number of nitrogens with one attached hydrogen (secondary N) is 1. The van der Waals surface area contributed by atoms with Crippen LogP contribution in [0.3, 0.4) is 0 Å². The van der Waals surface area contributed by atoms with Gasteiger partial charge >= 0.3 is 0 Å². The van der Waals surface area contributed by atoms with Gasteiger partial charge in [-0.15, -0.1) is 6.42 Å². The topological polar surface area (TPSA) is 84.3 Å². The summed E-state index contributed by atoms with van der Waals surface area (Å²) in [4.78, 5) is 14.9. The first-order valence-electron chi connectivity index (χ1n) is 11.9. The number of carbonyl (C=O) groups is 1. The largest absolute Gasteiger partial charge is 0.309 e. The fraction of sp³-hybridized carbons (Fsp3) is 0.333. The van der Waals surface area contributed by atoms with Gasteiger partial charge in [-0.05, 0) is 55.0 Å². The Bertz CT molecular complexity index is 1390. The van der Waals surface area contributed by atoms with Gasteiger partial charge in [0.1, 0.15) is 5.82 Å². The van der Waals surface area contributed by atoms with Gasteiger partial charge in [-0.1, -0.05) is 36.3 Å². The van der Waals surface area contributed by atoms with E-state index >= 15 is 0 Å². The Hall–Kier alpha value is -3.41. The monoisotopic (exact) mass is 488 g/mol. The number of nitrogens with zero attached hydrogens (tertiary/aromatic N) is 3. The van der Waals surface area contributed by atoms with Crippen LogP contribution in [0.1, 0.15) is 24.0 Å². The molecule has 0 bridgehead atoms. The maximum atomic E-state index is 13.1. The molecule has 0 unspecified atom stereocenters. The Morgan fingerprint density at radius 3 is 2.69 bits per heavy atom. The zero-order chi connectivity index (χ0) is 24.4. The molecule has 7 nitrogen and oxygen atoms in total. The Morgan fingerprint density at radius 1 is 1.14 bits per heavy atom. The van der Waals surface area contributed by atoms with Crippen LogP contribution in [0.4, 0.5) is 5.82 Å². The zero-order valence-corrected chi connectivity index (χ0v) is 20.3. The van der Waals surface area contributed by atoms with Crippen LogP contribution in [0, 0.1) is 12.3 Å². The molecular formula is C27H28N4O3S. The molecule has 1 aliphatic carbocycles. The number of para-hydroxylation sites is 1. The van der Waals surface area contributed by atoms with Gasteiger partial charge in [0.05, 0.1) is 36.0 Å². The summed E-state index contributed by atoms with van der Waals surface area (Å²) in [5, 5.41) is 7.80. The maximum Gasteiger partial charge on any atom is 0.239 e. The van der Waals surface area contributed by atoms with Crippen molar-refractivity contribution in [3.63, 3.8) is 0 Å². The number of benzene rings is 2. The van der Waals surface area contributed by atoms with E-state index in [-0.39, 0.29) is 36.5 Å². The van der Waals surface area contributed by atoms with Crippen LogP contribution in [0.5, 0.6) is 0 Å². The fourth-order valence-corrected chi connectivity index (χ4v) is 6.73. The molecule has 3 aromatic rings. The molecule has 2 aromatic carbocycles. The fourth-order valence-electron chi connectivity index (χ4n) is 4.97. The van der Waals surface area contributed by atoms with E-state index in [1.54, 1.807) is 9.58 Å². The molecule has 1 N–H and O–H groups in total. The highest BCUT2D eigenvalue weighted by atomic mass is 32.2. The first-order valence-corrected chi connectivity index (χ1v) is 13.7. The highest BCUT2D eigenvalue weighted by Gasteiger charge is 2.33. The molecule has 1 fully saturated rings. The number of aryl methyl sites for hydroxylation is 2. The van der Waals surface area contributed by atoms with Crippen LogP contribution >= 0.6 is 0 Å². The van der Waals surface area contributed by atoms with E-state index in [1.165, 1.54) is 17.5 Å². The van der Waals surface area contributed by atoms with Crippen LogP contribution in [0.15, 0.2) is 54.6 Å². The normalized spacial score (nSPS) is 18.3. The minimum atomic E-state index is -3.08. The number of anilines is 1. The number of fused-ring (bicyclic) bond motifs is 1. The second-order valence-electron chi connectivity index (χ2n) is 9.21. The minimum Gasteiger partial charge on any atom is -0.309 e. The second-order valence-corrected chi connectivity index (χ2v) is 11.4. The number of terminal acetylenes is 1. The molecule has 2 aliphatic rings. The summed E-state index contributed by atoms with van der Waals surface area (Å²) in [6, 6.07) is 17.7. The van der Waals surface area contributed by atoms with E-state index in [1.807, 2.05) is 36.4 Å². The van der Waals surface area contributed by atoms with Crippen LogP contribution < -0.4 is 5.32 Å². The quantitative estimate of drug-likeness (QED) is 0.517. The first kappa shape index (κ1) is 23.3. The predicted octanol–water partition coefficient (Wildman–Crippen LogP) is 3.09. The molecule has 8 heteroatoms. The molecule has 1 aliphatic heterocycles. The lowest BCUT2D eigenvalue weighted by atomic mass is 10.0. The number of sulfone groups is 1. The van der Waals surface area contributed by atoms with E-state index in [2.05, 4.69) is 29.4 Å². The van der Waals surface area contributed by atoms with Gasteiger partial charge in [-0.3, -0.25) is 9.69 Å². The number of aromatic nitrogens is 2. The molecule has 1 saturated heterocycles. The van der Waals surface area contributed by atoms with Crippen molar-refractivity contribution in [3.8, 4) is 29.3 Å². The third kappa shape index (κ3) is 5.16. The standard InChI is InChI=1S/C27H28N4O3S/c1-2-14-30(24-13-15-35(33,34)19-24)18-27(32)28-26-17-25(29-31(26)23-9-4-3-5-10-23)22-12-11-20-7-6-8-21(20)16-22/h1,3-5,9-12,16-17,24H,6-8,13-15,18-19H2,(H,28,32)/t24-/m1/s1. The molecular weight excluding hydrogens is 460 g/mol. The van der Waals surface area contributed by atoms with E-state index in [0.29, 0.717) is 12.2 Å². The van der Waals surface area contributed by atoms with Gasteiger partial charge in [0.15, 0.2) is 9.84 Å². The number of hydrogen-bond acceptors (Lipinski definition) is 5. The molecule has 0 saturated carbocycles. The van der Waals surface area contributed by atoms with Gasteiger partial charge in [0.25, 0.3) is 0 Å². The van der Waals surface area contributed by atoms with Crippen molar-refractivity contribution >= 4 is 21.6 Å². The van der Waals surface area contributed by atoms with E-state index in [9.17, 15) is 13.2 Å². The Balaban J connectivity index is 1.41. The maximum absolute atomic E-state index is 13.1. The van der Waals surface area contributed by atoms with Gasteiger partial charge in [0, 0.05) is 17.7 Å². The van der Waals surface area contributed by atoms with Crippen molar-refractivity contribution in [3.05, 3.63) is 65.7 Å². The van der Waals surface area contributed by atoms with Crippen LogP contribution in [0.25, 0.3) is 16.9 Å². The van der Waals surface area contributed by atoms with E-state index in [4.69, 9.17) is 11.5 Å². The van der Waals surface area contributed by atoms with Crippen molar-refractivity contribution in [1.82, 2.24) is 14.7 Å². The SMILES string of the molecule is C#CCN(CC(=O)Nc1cc(-c2ccc3c(c2)CCC3)nn1-c1ccccc1)[C@@H]1CCS(=O)(=O)C1. The van der Waals surface area contributed by atoms with Crippen LogP contribution in [-0.4, -0.2) is 59.6 Å². The molecule has 1 amide bonds. The molecule has 5 rings (SSSR count). The Kier molecular flexibility index (Phi) is 6.46. The van der Waals surface area contributed by atoms with Crippen LogP contribution in [0.2, 0.25) is 0 Å². The van der Waals surface area contributed by atoms with Gasteiger partial charge < -0.3 is 5.32 Å². The molecule has 1 atom stereocenters. The van der Waals surface area contributed by atoms with Crippen LogP contribution in [-0.2, 0) is 27.5 Å². The van der Waals surface area contributed by atoms with Crippen molar-refractivity contribution in [2.45, 2.75) is 31.7 Å². The lowest BCUT2D eigenvalue weighted by molar-refractivity contribution is -0.117. The van der Waals surface area contributed by atoms with Crippen molar-refractivity contribution in [1.29, 1.82) is 0 Å². The van der Waals surface area contributed by atoms with Crippen molar-refractivity contribution < 1.29 is 13.2 Å². The lowest BCUT2D eigenvalue weighted by Gasteiger charge is -2.25. The first-order chi connectivity index (χ1) is 16.9. The third-order valence-electron chi connectivity index (χ3n) is 6.74. The van der Waals surface area contributed by atoms with Gasteiger partial charge in [-0.25, -0.2) is 13.1 Å². The highest BCUT2D eigenvalue weighted by molar-refractivity contribution is 7.91. The van der Waals surface area contributed by atoms with Crippen molar-refractivity contribution in [2.24, 2.45) is 0 Å². The average Bonchev–Trinajstić information content (AvgIpc) is 3.57. The summed E-state index contributed by atoms with van der Waals surface area (Å²) in [5.41, 5.74) is 5.38. The predicted molar refractivity (Wildman–Crippen MR) is 137 cm³/mol. The Labute approximate surface area is 206 Å². The molecule has 180 valence electrons. The molecule has 2 heterocycles. The molecule has 0 spiro atoms. The summed E-state index contributed by atoms with van der Waals surface area (Å²) in [6.07, 6.45) is 9.37. The second kappa shape index (κ2) is 9.68. The summed E-state index contributed by atoms with van der Waals surface area (Å²) in [7, 11) is -3.08. The summed E-state index contributed by atoms with van der Waals surface area (Å²) in [5.74, 6) is 3.01.